The summed E-state index contributed by atoms with van der Waals surface area (Å²) >= 11 is 0. The minimum Gasteiger partial charge on any atom is -0.401 e. The van der Waals surface area contributed by atoms with Crippen LogP contribution in [0.5, 0.6) is 0 Å². The van der Waals surface area contributed by atoms with Gasteiger partial charge in [-0.05, 0) is 56.0 Å². The average molecular weight is 445 g/mol. The number of hydrogen-bond acceptors (Lipinski definition) is 7. The molecule has 0 spiro atoms. The lowest BCUT2D eigenvalue weighted by Gasteiger charge is -2.30. The van der Waals surface area contributed by atoms with Crippen molar-refractivity contribution in [1.29, 1.82) is 0 Å². The van der Waals surface area contributed by atoms with Gasteiger partial charge in [-0.25, -0.2) is 8.42 Å². The van der Waals surface area contributed by atoms with Crippen LogP contribution in [0.2, 0.25) is 0 Å². The van der Waals surface area contributed by atoms with Gasteiger partial charge in [0, 0.05) is 31.4 Å². The summed E-state index contributed by atoms with van der Waals surface area (Å²) in [5.74, 6) is 0.0435. The number of carbonyl (C=O) groups is 1. The number of aromatic nitrogens is 4. The number of rotatable bonds is 5. The van der Waals surface area contributed by atoms with Gasteiger partial charge in [0.05, 0.1) is 4.90 Å². The summed E-state index contributed by atoms with van der Waals surface area (Å²) in [5, 5.41) is 14.5. The van der Waals surface area contributed by atoms with Gasteiger partial charge in [-0.2, -0.15) is 9.40 Å². The number of anilines is 1. The van der Waals surface area contributed by atoms with Crippen molar-refractivity contribution in [2.45, 2.75) is 31.6 Å². The van der Waals surface area contributed by atoms with E-state index in [4.69, 9.17) is 4.42 Å². The van der Waals surface area contributed by atoms with Gasteiger partial charge in [0.1, 0.15) is 5.69 Å². The highest BCUT2D eigenvalue weighted by atomic mass is 32.2. The minimum atomic E-state index is -3.57. The number of carbonyl (C=O) groups excluding carboxylic acids is 1. The van der Waals surface area contributed by atoms with E-state index in [1.54, 1.807) is 17.8 Å². The molecule has 0 saturated carbocycles. The quantitative estimate of drug-likeness (QED) is 0.641. The Hall–Kier alpha value is -3.05. The molecule has 3 aromatic rings. The van der Waals surface area contributed by atoms with Gasteiger partial charge in [-0.1, -0.05) is 12.0 Å². The van der Waals surface area contributed by atoms with Crippen LogP contribution in [0.25, 0.3) is 11.6 Å². The largest absolute Gasteiger partial charge is 0.401 e. The van der Waals surface area contributed by atoms with Crippen LogP contribution in [-0.2, 0) is 17.1 Å². The van der Waals surface area contributed by atoms with Gasteiger partial charge < -0.3 is 4.42 Å². The van der Waals surface area contributed by atoms with Crippen LogP contribution in [0.1, 0.15) is 35.8 Å². The molecule has 1 amide bonds. The second kappa shape index (κ2) is 8.23. The molecule has 0 radical (unpaired) electrons. The molecule has 31 heavy (non-hydrogen) atoms. The third kappa shape index (κ3) is 4.37. The molecule has 10 nitrogen and oxygen atoms in total. The average Bonchev–Trinajstić information content (AvgIpc) is 3.34. The Kier molecular flexibility index (Phi) is 5.63. The van der Waals surface area contributed by atoms with Gasteiger partial charge >= 0.3 is 6.01 Å². The highest BCUT2D eigenvalue weighted by Crippen LogP contribution is 2.24. The molecule has 1 aliphatic heterocycles. The number of aryl methyl sites for hydroxylation is 2. The highest BCUT2D eigenvalue weighted by molar-refractivity contribution is 7.89. The number of hydrogen-bond donors (Lipinski definition) is 1. The zero-order valence-electron chi connectivity index (χ0n) is 17.6. The summed E-state index contributed by atoms with van der Waals surface area (Å²) in [6, 6.07) is 7.55. The molecule has 1 fully saturated rings. The number of sulfonamides is 1. The number of piperidine rings is 1. The normalized spacial score (nSPS) is 17.6. The second-order valence-corrected chi connectivity index (χ2v) is 9.73. The van der Waals surface area contributed by atoms with Crippen LogP contribution in [0.15, 0.2) is 39.6 Å². The van der Waals surface area contributed by atoms with Crippen molar-refractivity contribution in [1.82, 2.24) is 24.3 Å². The summed E-state index contributed by atoms with van der Waals surface area (Å²) < 4.78 is 34.4. The van der Waals surface area contributed by atoms with Gasteiger partial charge in [0.2, 0.25) is 10.0 Å². The fourth-order valence-corrected chi connectivity index (χ4v) is 5.10. The maximum absolute atomic E-state index is 12.9. The van der Waals surface area contributed by atoms with Crippen molar-refractivity contribution in [2.24, 2.45) is 13.0 Å². The standard InChI is InChI=1S/C20H24N6O4S/c1-13-5-4-10-26(12-13)31(28,29)16-8-6-15(7-9-16)18(27)21-20-23-22-19(30-20)17-11-14(2)25(3)24-17/h6-9,11,13H,4-5,10,12H2,1-3H3,(H,21,23,27)/t13-/m1/s1. The summed E-state index contributed by atoms with van der Waals surface area (Å²) in [6.45, 7) is 4.97. The lowest BCUT2D eigenvalue weighted by Crippen LogP contribution is -2.39. The number of benzene rings is 1. The summed E-state index contributed by atoms with van der Waals surface area (Å²) in [6.07, 6.45) is 1.88. The van der Waals surface area contributed by atoms with E-state index in [1.807, 2.05) is 13.8 Å². The molecule has 1 saturated heterocycles. The first-order valence-corrected chi connectivity index (χ1v) is 11.4. The first-order valence-electron chi connectivity index (χ1n) is 10.00. The molecule has 1 aromatic carbocycles. The molecule has 11 heteroatoms. The first kappa shape index (κ1) is 21.2. The molecule has 0 unspecified atom stereocenters. The smallest absolute Gasteiger partial charge is 0.322 e. The third-order valence-electron chi connectivity index (χ3n) is 5.35. The number of nitrogens with one attached hydrogen (secondary N) is 1. The zero-order chi connectivity index (χ0) is 22.2. The van der Waals surface area contributed by atoms with Crippen molar-refractivity contribution in [3.8, 4) is 11.6 Å². The number of nitrogens with zero attached hydrogens (tertiary/aromatic N) is 5. The van der Waals surface area contributed by atoms with E-state index in [1.165, 1.54) is 28.6 Å². The Morgan fingerprint density at radius 2 is 1.97 bits per heavy atom. The Labute approximate surface area is 180 Å². The van der Waals surface area contributed by atoms with Gasteiger partial charge in [0.15, 0.2) is 0 Å². The van der Waals surface area contributed by atoms with Crippen LogP contribution < -0.4 is 5.32 Å². The van der Waals surface area contributed by atoms with Crippen LogP contribution in [0.3, 0.4) is 0 Å². The van der Waals surface area contributed by atoms with E-state index >= 15 is 0 Å². The lowest BCUT2D eigenvalue weighted by atomic mass is 10.0. The van der Waals surface area contributed by atoms with E-state index in [9.17, 15) is 13.2 Å². The predicted octanol–water partition coefficient (Wildman–Crippen LogP) is 2.45. The summed E-state index contributed by atoms with van der Waals surface area (Å²) in [5.41, 5.74) is 1.71. The van der Waals surface area contributed by atoms with E-state index < -0.39 is 15.9 Å². The van der Waals surface area contributed by atoms with Gasteiger partial charge in [0.25, 0.3) is 11.8 Å². The van der Waals surface area contributed by atoms with Gasteiger partial charge in [-0.3, -0.25) is 14.8 Å². The third-order valence-corrected chi connectivity index (χ3v) is 7.23. The van der Waals surface area contributed by atoms with Crippen LogP contribution >= 0.6 is 0 Å². The molecule has 4 rings (SSSR count). The molecule has 1 atom stereocenters. The highest BCUT2D eigenvalue weighted by Gasteiger charge is 2.28. The lowest BCUT2D eigenvalue weighted by molar-refractivity contribution is 0.102. The molecule has 1 N–H and O–H groups in total. The van der Waals surface area contributed by atoms with Crippen LogP contribution in [0.4, 0.5) is 6.01 Å². The molecular formula is C20H24N6O4S. The van der Waals surface area contributed by atoms with E-state index in [-0.39, 0.29) is 22.4 Å². The van der Waals surface area contributed by atoms with E-state index in [0.29, 0.717) is 24.7 Å². The van der Waals surface area contributed by atoms with E-state index in [2.05, 4.69) is 20.6 Å². The van der Waals surface area contributed by atoms with Crippen molar-refractivity contribution < 1.29 is 17.6 Å². The van der Waals surface area contributed by atoms with Crippen molar-refractivity contribution >= 4 is 21.9 Å². The maximum Gasteiger partial charge on any atom is 0.322 e. The SMILES string of the molecule is Cc1cc(-c2nnc(NC(=O)c3ccc(S(=O)(=O)N4CCC[C@@H](C)C4)cc3)o2)nn1C. The molecule has 0 bridgehead atoms. The van der Waals surface area contributed by atoms with Gasteiger partial charge in [-0.15, -0.1) is 5.10 Å². The fraction of sp³-hybridized carbons (Fsp3) is 0.400. The maximum atomic E-state index is 12.9. The Balaban J connectivity index is 1.45. The van der Waals surface area contributed by atoms with E-state index in [0.717, 1.165) is 18.5 Å². The Morgan fingerprint density at radius 3 is 2.61 bits per heavy atom. The topological polar surface area (TPSA) is 123 Å². The van der Waals surface area contributed by atoms with Crippen molar-refractivity contribution in [3.63, 3.8) is 0 Å². The summed E-state index contributed by atoms with van der Waals surface area (Å²) in [4.78, 5) is 12.7. The summed E-state index contributed by atoms with van der Waals surface area (Å²) in [7, 11) is -1.77. The molecule has 3 heterocycles. The molecule has 164 valence electrons. The molecule has 2 aromatic heterocycles. The zero-order valence-corrected chi connectivity index (χ0v) is 18.4. The fourth-order valence-electron chi connectivity index (χ4n) is 3.50. The molecule has 0 aliphatic carbocycles. The first-order chi connectivity index (χ1) is 14.7. The monoisotopic (exact) mass is 444 g/mol. The number of amides is 1. The Bertz CT molecular complexity index is 1180. The Morgan fingerprint density at radius 1 is 1.23 bits per heavy atom. The van der Waals surface area contributed by atoms with Crippen LogP contribution in [-0.4, -0.2) is 51.7 Å². The molecular weight excluding hydrogens is 420 g/mol. The van der Waals surface area contributed by atoms with Crippen LogP contribution in [0, 0.1) is 12.8 Å². The molecule has 1 aliphatic rings. The second-order valence-electron chi connectivity index (χ2n) is 7.80. The minimum absolute atomic E-state index is 0.0673. The van der Waals surface area contributed by atoms with Crippen molar-refractivity contribution in [2.75, 3.05) is 18.4 Å². The van der Waals surface area contributed by atoms with Crippen molar-refractivity contribution in [3.05, 3.63) is 41.6 Å². The predicted molar refractivity (Wildman–Crippen MR) is 113 cm³/mol.